The van der Waals surface area contributed by atoms with E-state index in [0.717, 1.165) is 39.1 Å². The molecule has 1 aromatic heterocycles. The molecule has 5 nitrogen and oxygen atoms in total. The van der Waals surface area contributed by atoms with Crippen LogP contribution in [0.5, 0.6) is 5.88 Å². The minimum atomic E-state index is 0.370. The highest BCUT2D eigenvalue weighted by Gasteiger charge is 2.33. The third-order valence-corrected chi connectivity index (χ3v) is 3.92. The van der Waals surface area contributed by atoms with E-state index in [1.807, 2.05) is 0 Å². The summed E-state index contributed by atoms with van der Waals surface area (Å²) in [5, 5.41) is 0.370. The van der Waals surface area contributed by atoms with Gasteiger partial charge in [0.25, 0.3) is 0 Å². The third-order valence-electron chi connectivity index (χ3n) is 3.74. The van der Waals surface area contributed by atoms with Gasteiger partial charge in [0.15, 0.2) is 5.15 Å². The van der Waals surface area contributed by atoms with Gasteiger partial charge in [0.05, 0.1) is 19.0 Å². The Labute approximate surface area is 117 Å². The molecule has 3 rings (SSSR count). The molecule has 0 unspecified atom stereocenters. The van der Waals surface area contributed by atoms with E-state index >= 15 is 0 Å². The van der Waals surface area contributed by atoms with Gasteiger partial charge >= 0.3 is 0 Å². The highest BCUT2D eigenvalue weighted by atomic mass is 35.5. The molecule has 0 aromatic carbocycles. The largest absolute Gasteiger partial charge is 0.476 e. The second-order valence-corrected chi connectivity index (χ2v) is 5.54. The molecule has 104 valence electrons. The highest BCUT2D eigenvalue weighted by molar-refractivity contribution is 6.29. The smallest absolute Gasteiger partial charge is 0.233 e. The van der Waals surface area contributed by atoms with Crippen LogP contribution in [0.2, 0.25) is 5.15 Å². The van der Waals surface area contributed by atoms with Gasteiger partial charge in [-0.25, -0.2) is 0 Å². The van der Waals surface area contributed by atoms with Crippen LogP contribution in [0.1, 0.15) is 12.8 Å². The minimum Gasteiger partial charge on any atom is -0.476 e. The molecular weight excluding hydrogens is 266 g/mol. The second kappa shape index (κ2) is 6.03. The summed E-state index contributed by atoms with van der Waals surface area (Å²) in [5.41, 5.74) is 0. The zero-order chi connectivity index (χ0) is 13.1. The summed E-state index contributed by atoms with van der Waals surface area (Å²) < 4.78 is 11.0. The first-order chi connectivity index (χ1) is 9.31. The number of hydrogen-bond acceptors (Lipinski definition) is 5. The summed E-state index contributed by atoms with van der Waals surface area (Å²) in [6, 6.07) is 0.705. The average molecular weight is 284 g/mol. The van der Waals surface area contributed by atoms with E-state index in [-0.39, 0.29) is 0 Å². The monoisotopic (exact) mass is 283 g/mol. The molecule has 0 N–H and O–H groups in total. The zero-order valence-electron chi connectivity index (χ0n) is 10.8. The van der Waals surface area contributed by atoms with Crippen LogP contribution in [0, 0.1) is 5.92 Å². The number of halogens is 1. The highest BCUT2D eigenvalue weighted by Crippen LogP contribution is 2.24. The lowest BCUT2D eigenvalue weighted by molar-refractivity contribution is -0.0263. The molecule has 0 spiro atoms. The lowest BCUT2D eigenvalue weighted by Crippen LogP contribution is -2.55. The summed E-state index contributed by atoms with van der Waals surface area (Å²) >= 11 is 5.76. The SMILES string of the molecule is Clc1cncc(OCC2CN(C3CCOCC3)C2)n1. The Balaban J connectivity index is 1.39. The summed E-state index contributed by atoms with van der Waals surface area (Å²) in [6.45, 7) is 4.72. The standard InChI is InChI=1S/C13H18ClN3O2/c14-12-5-15-6-13(16-12)19-9-10-7-17(8-10)11-1-3-18-4-2-11/h5-6,10-11H,1-4,7-9H2. The van der Waals surface area contributed by atoms with Crippen LogP contribution in [0.25, 0.3) is 0 Å². The Morgan fingerprint density at radius 2 is 2.11 bits per heavy atom. The fraction of sp³-hybridized carbons (Fsp3) is 0.692. The van der Waals surface area contributed by atoms with Crippen LogP contribution in [0.3, 0.4) is 0 Å². The Morgan fingerprint density at radius 3 is 2.84 bits per heavy atom. The third kappa shape index (κ3) is 3.35. The minimum absolute atomic E-state index is 0.370. The van der Waals surface area contributed by atoms with Crippen molar-refractivity contribution in [2.45, 2.75) is 18.9 Å². The molecule has 2 saturated heterocycles. The molecule has 0 saturated carbocycles. The van der Waals surface area contributed by atoms with Crippen molar-refractivity contribution in [1.29, 1.82) is 0 Å². The van der Waals surface area contributed by atoms with Crippen LogP contribution < -0.4 is 4.74 Å². The van der Waals surface area contributed by atoms with Crippen molar-refractivity contribution in [3.63, 3.8) is 0 Å². The molecular formula is C13H18ClN3O2. The first kappa shape index (κ1) is 13.1. The maximum atomic E-state index is 5.76. The van der Waals surface area contributed by atoms with Gasteiger partial charge in [-0.2, -0.15) is 4.98 Å². The molecule has 0 aliphatic carbocycles. The molecule has 6 heteroatoms. The summed E-state index contributed by atoms with van der Waals surface area (Å²) in [6.07, 6.45) is 5.42. The van der Waals surface area contributed by atoms with Crippen LogP contribution in [-0.4, -0.2) is 53.8 Å². The van der Waals surface area contributed by atoms with Gasteiger partial charge in [0.1, 0.15) is 0 Å². The van der Waals surface area contributed by atoms with Gasteiger partial charge in [-0.3, -0.25) is 9.88 Å². The van der Waals surface area contributed by atoms with Gasteiger partial charge < -0.3 is 9.47 Å². The fourth-order valence-corrected chi connectivity index (χ4v) is 2.80. The molecule has 19 heavy (non-hydrogen) atoms. The van der Waals surface area contributed by atoms with Gasteiger partial charge in [0.2, 0.25) is 5.88 Å². The number of aromatic nitrogens is 2. The van der Waals surface area contributed by atoms with Crippen molar-refractivity contribution < 1.29 is 9.47 Å². The van der Waals surface area contributed by atoms with Crippen molar-refractivity contribution in [1.82, 2.24) is 14.9 Å². The molecule has 2 aliphatic heterocycles. The van der Waals surface area contributed by atoms with Crippen molar-refractivity contribution in [2.24, 2.45) is 5.92 Å². The zero-order valence-corrected chi connectivity index (χ0v) is 11.6. The van der Waals surface area contributed by atoms with Gasteiger partial charge in [-0.1, -0.05) is 11.6 Å². The topological polar surface area (TPSA) is 47.5 Å². The van der Waals surface area contributed by atoms with Crippen molar-refractivity contribution >= 4 is 11.6 Å². The maximum absolute atomic E-state index is 5.76. The first-order valence-corrected chi connectivity index (χ1v) is 7.11. The van der Waals surface area contributed by atoms with E-state index in [9.17, 15) is 0 Å². The molecule has 2 aliphatic rings. The number of rotatable bonds is 4. The predicted molar refractivity (Wildman–Crippen MR) is 71.4 cm³/mol. The van der Waals surface area contributed by atoms with E-state index in [2.05, 4.69) is 14.9 Å². The van der Waals surface area contributed by atoms with Crippen LogP contribution >= 0.6 is 11.6 Å². The molecule has 0 amide bonds. The number of likely N-dealkylation sites (tertiary alicyclic amines) is 1. The van der Waals surface area contributed by atoms with Gasteiger partial charge in [-0.05, 0) is 12.8 Å². The van der Waals surface area contributed by atoms with E-state index < -0.39 is 0 Å². The van der Waals surface area contributed by atoms with Gasteiger partial charge in [-0.15, -0.1) is 0 Å². The van der Waals surface area contributed by atoms with Crippen molar-refractivity contribution in [2.75, 3.05) is 32.9 Å². The van der Waals surface area contributed by atoms with E-state index in [1.54, 1.807) is 6.20 Å². The van der Waals surface area contributed by atoms with Crippen molar-refractivity contribution in [3.05, 3.63) is 17.5 Å². The molecule has 0 atom stereocenters. The normalized spacial score (nSPS) is 22.2. The Bertz CT molecular complexity index is 420. The Kier molecular flexibility index (Phi) is 4.15. The Morgan fingerprint density at radius 1 is 1.32 bits per heavy atom. The van der Waals surface area contributed by atoms with Crippen molar-refractivity contribution in [3.8, 4) is 5.88 Å². The summed E-state index contributed by atoms with van der Waals surface area (Å²) in [4.78, 5) is 10.5. The van der Waals surface area contributed by atoms with Crippen LogP contribution in [0.15, 0.2) is 12.4 Å². The van der Waals surface area contributed by atoms with Gasteiger partial charge in [0, 0.05) is 38.3 Å². The Hall–Kier alpha value is -0.910. The quantitative estimate of drug-likeness (QED) is 0.840. The van der Waals surface area contributed by atoms with E-state index in [4.69, 9.17) is 21.1 Å². The van der Waals surface area contributed by atoms with E-state index in [0.29, 0.717) is 29.6 Å². The van der Waals surface area contributed by atoms with Crippen LogP contribution in [0.4, 0.5) is 0 Å². The lowest BCUT2D eigenvalue weighted by Gasteiger charge is -2.45. The summed E-state index contributed by atoms with van der Waals surface area (Å²) in [5.74, 6) is 1.10. The second-order valence-electron chi connectivity index (χ2n) is 5.15. The summed E-state index contributed by atoms with van der Waals surface area (Å²) in [7, 11) is 0. The molecule has 0 radical (unpaired) electrons. The first-order valence-electron chi connectivity index (χ1n) is 6.73. The number of nitrogens with zero attached hydrogens (tertiary/aromatic N) is 3. The predicted octanol–water partition coefficient (Wildman–Crippen LogP) is 1.62. The number of ether oxygens (including phenoxy) is 2. The fourth-order valence-electron chi connectivity index (χ4n) is 2.66. The maximum Gasteiger partial charge on any atom is 0.233 e. The molecule has 3 heterocycles. The number of hydrogen-bond donors (Lipinski definition) is 0. The van der Waals surface area contributed by atoms with E-state index in [1.165, 1.54) is 6.20 Å². The molecule has 0 bridgehead atoms. The molecule has 2 fully saturated rings. The van der Waals surface area contributed by atoms with Crippen LogP contribution in [-0.2, 0) is 4.74 Å². The molecule has 1 aromatic rings. The average Bonchev–Trinajstić information content (AvgIpc) is 2.38. The lowest BCUT2D eigenvalue weighted by atomic mass is 9.95.